The summed E-state index contributed by atoms with van der Waals surface area (Å²) in [4.78, 5) is 8.85. The van der Waals surface area contributed by atoms with Gasteiger partial charge in [0.05, 0.1) is 0 Å². The Morgan fingerprint density at radius 2 is 1.81 bits per heavy atom. The van der Waals surface area contributed by atoms with Gasteiger partial charge in [0.2, 0.25) is 0 Å². The molecule has 1 aromatic heterocycles. The van der Waals surface area contributed by atoms with E-state index in [1.54, 1.807) is 0 Å². The third-order valence-corrected chi connectivity index (χ3v) is 3.66. The molecular weight excluding hydrogens is 328 g/mol. The van der Waals surface area contributed by atoms with Crippen LogP contribution in [-0.2, 0) is 0 Å². The van der Waals surface area contributed by atoms with Crippen LogP contribution in [0.3, 0.4) is 0 Å². The van der Waals surface area contributed by atoms with Crippen LogP contribution in [0.5, 0.6) is 0 Å². The number of aryl methyl sites for hydroxylation is 1. The number of anilines is 2. The van der Waals surface area contributed by atoms with Crippen molar-refractivity contribution in [1.29, 1.82) is 0 Å². The number of hydrogen-bond donors (Lipinski definition) is 2. The number of halogens is 1. The molecule has 0 bridgehead atoms. The molecule has 4 nitrogen and oxygen atoms in total. The van der Waals surface area contributed by atoms with Crippen LogP contribution in [0.4, 0.5) is 11.6 Å². The molecule has 112 valence electrons. The van der Waals surface area contributed by atoms with Crippen molar-refractivity contribution in [2.45, 2.75) is 33.2 Å². The zero-order valence-corrected chi connectivity index (χ0v) is 14.2. The van der Waals surface area contributed by atoms with Crippen molar-refractivity contribution in [3.05, 3.63) is 46.2 Å². The topological polar surface area (TPSA) is 49.8 Å². The summed E-state index contributed by atoms with van der Waals surface area (Å²) in [5.41, 5.74) is 1.22. The number of nitrogens with one attached hydrogen (secondary N) is 2. The van der Waals surface area contributed by atoms with Gasteiger partial charge in [0, 0.05) is 23.1 Å². The summed E-state index contributed by atoms with van der Waals surface area (Å²) in [6, 6.07) is 10.4. The Bertz CT molecular complexity index is 583. The minimum Gasteiger partial charge on any atom is -0.370 e. The van der Waals surface area contributed by atoms with Crippen LogP contribution < -0.4 is 10.6 Å². The molecule has 1 unspecified atom stereocenters. The van der Waals surface area contributed by atoms with Gasteiger partial charge in [0.15, 0.2) is 0 Å². The first kappa shape index (κ1) is 15.8. The first-order valence-corrected chi connectivity index (χ1v) is 7.99. The van der Waals surface area contributed by atoms with E-state index in [2.05, 4.69) is 62.5 Å². The van der Waals surface area contributed by atoms with Gasteiger partial charge >= 0.3 is 0 Å². The molecule has 0 spiro atoms. The fourth-order valence-corrected chi connectivity index (χ4v) is 2.31. The number of aromatic nitrogens is 2. The molecule has 0 radical (unpaired) electrons. The lowest BCUT2D eigenvalue weighted by molar-refractivity contribution is 0.865. The molecule has 21 heavy (non-hydrogen) atoms. The Kier molecular flexibility index (Phi) is 5.56. The minimum atomic E-state index is 0.187. The van der Waals surface area contributed by atoms with Gasteiger partial charge in [-0.15, -0.1) is 0 Å². The molecule has 2 aromatic rings. The van der Waals surface area contributed by atoms with Crippen LogP contribution in [0.1, 0.15) is 37.7 Å². The zero-order valence-electron chi connectivity index (χ0n) is 12.7. The molecule has 0 aliphatic carbocycles. The molecule has 0 saturated carbocycles. The highest BCUT2D eigenvalue weighted by atomic mass is 79.9. The van der Waals surface area contributed by atoms with E-state index < -0.39 is 0 Å². The van der Waals surface area contributed by atoms with E-state index in [4.69, 9.17) is 0 Å². The van der Waals surface area contributed by atoms with Crippen LogP contribution in [0, 0.1) is 6.92 Å². The van der Waals surface area contributed by atoms with Crippen LogP contribution in [0.15, 0.2) is 34.8 Å². The Hall–Kier alpha value is -1.62. The molecule has 1 atom stereocenters. The van der Waals surface area contributed by atoms with Gasteiger partial charge in [-0.2, -0.15) is 0 Å². The van der Waals surface area contributed by atoms with E-state index in [-0.39, 0.29) is 6.04 Å². The fraction of sp³-hybridized carbons (Fsp3) is 0.375. The van der Waals surface area contributed by atoms with Crippen LogP contribution >= 0.6 is 15.9 Å². The van der Waals surface area contributed by atoms with E-state index in [1.165, 1.54) is 5.56 Å². The molecular formula is C16H21BrN4. The predicted octanol–water partition coefficient (Wildman–Crippen LogP) is 4.54. The van der Waals surface area contributed by atoms with Gasteiger partial charge in [0.25, 0.3) is 0 Å². The molecule has 0 amide bonds. The van der Waals surface area contributed by atoms with Gasteiger partial charge in [-0.3, -0.25) is 0 Å². The van der Waals surface area contributed by atoms with Crippen molar-refractivity contribution in [3.63, 3.8) is 0 Å². The van der Waals surface area contributed by atoms with Gasteiger partial charge in [-0.25, -0.2) is 9.97 Å². The average molecular weight is 349 g/mol. The summed E-state index contributed by atoms with van der Waals surface area (Å²) in [5.74, 6) is 2.48. The number of hydrogen-bond acceptors (Lipinski definition) is 4. The highest BCUT2D eigenvalue weighted by molar-refractivity contribution is 9.10. The molecule has 0 fully saturated rings. The molecule has 1 aromatic carbocycles. The summed E-state index contributed by atoms with van der Waals surface area (Å²) >= 11 is 3.46. The van der Waals surface area contributed by atoms with E-state index in [9.17, 15) is 0 Å². The predicted molar refractivity (Wildman–Crippen MR) is 91.7 cm³/mol. The first-order valence-electron chi connectivity index (χ1n) is 7.20. The van der Waals surface area contributed by atoms with Crippen molar-refractivity contribution in [2.24, 2.45) is 0 Å². The average Bonchev–Trinajstić information content (AvgIpc) is 2.45. The maximum absolute atomic E-state index is 4.45. The summed E-state index contributed by atoms with van der Waals surface area (Å²) in [6.07, 6.45) is 1.07. The monoisotopic (exact) mass is 348 g/mol. The molecule has 0 aliphatic rings. The van der Waals surface area contributed by atoms with Crippen molar-refractivity contribution in [1.82, 2.24) is 9.97 Å². The third-order valence-electron chi connectivity index (χ3n) is 3.13. The summed E-state index contributed by atoms with van der Waals surface area (Å²) < 4.78 is 1.09. The van der Waals surface area contributed by atoms with E-state index in [0.717, 1.165) is 34.9 Å². The van der Waals surface area contributed by atoms with Crippen molar-refractivity contribution < 1.29 is 0 Å². The Morgan fingerprint density at radius 1 is 1.14 bits per heavy atom. The molecule has 5 heteroatoms. The summed E-state index contributed by atoms with van der Waals surface area (Å²) in [7, 11) is 0. The van der Waals surface area contributed by atoms with Gasteiger partial charge in [-0.1, -0.05) is 35.0 Å². The van der Waals surface area contributed by atoms with E-state index in [1.807, 2.05) is 25.1 Å². The highest BCUT2D eigenvalue weighted by Gasteiger charge is 2.08. The second-order valence-electron chi connectivity index (χ2n) is 5.03. The lowest BCUT2D eigenvalue weighted by Crippen LogP contribution is -2.10. The second kappa shape index (κ2) is 7.41. The Labute approximate surface area is 134 Å². The number of rotatable bonds is 6. The molecule has 2 N–H and O–H groups in total. The SMILES string of the molecule is CCCNc1cc(NC(C)c2ccc(Br)cc2)nc(C)n1. The largest absolute Gasteiger partial charge is 0.370 e. The Morgan fingerprint density at radius 3 is 2.48 bits per heavy atom. The van der Waals surface area contributed by atoms with Crippen molar-refractivity contribution >= 4 is 27.6 Å². The zero-order chi connectivity index (χ0) is 15.2. The van der Waals surface area contributed by atoms with Gasteiger partial charge < -0.3 is 10.6 Å². The summed E-state index contributed by atoms with van der Waals surface area (Å²) in [5, 5.41) is 6.73. The molecule has 1 heterocycles. The lowest BCUT2D eigenvalue weighted by Gasteiger charge is -2.16. The minimum absolute atomic E-state index is 0.187. The van der Waals surface area contributed by atoms with Crippen LogP contribution in [-0.4, -0.2) is 16.5 Å². The highest BCUT2D eigenvalue weighted by Crippen LogP contribution is 2.21. The first-order chi connectivity index (χ1) is 10.1. The van der Waals surface area contributed by atoms with E-state index >= 15 is 0 Å². The maximum Gasteiger partial charge on any atom is 0.132 e. The normalized spacial score (nSPS) is 12.0. The Balaban J connectivity index is 2.10. The van der Waals surface area contributed by atoms with Crippen LogP contribution in [0.25, 0.3) is 0 Å². The van der Waals surface area contributed by atoms with Gasteiger partial charge in [0.1, 0.15) is 17.5 Å². The standard InChI is InChI=1S/C16H21BrN4/c1-4-9-18-15-10-16(21-12(3)20-15)19-11(2)13-5-7-14(17)8-6-13/h5-8,10-11H,4,9H2,1-3H3,(H2,18,19,20,21). The number of nitrogens with zero attached hydrogens (tertiary/aromatic N) is 2. The quantitative estimate of drug-likeness (QED) is 0.804. The molecule has 2 rings (SSSR count). The lowest BCUT2D eigenvalue weighted by atomic mass is 10.1. The maximum atomic E-state index is 4.45. The van der Waals surface area contributed by atoms with E-state index in [0.29, 0.717) is 0 Å². The number of benzene rings is 1. The molecule has 0 aliphatic heterocycles. The van der Waals surface area contributed by atoms with Crippen molar-refractivity contribution in [3.8, 4) is 0 Å². The van der Waals surface area contributed by atoms with Gasteiger partial charge in [-0.05, 0) is 38.0 Å². The fourth-order valence-electron chi connectivity index (χ4n) is 2.04. The van der Waals surface area contributed by atoms with Crippen LogP contribution in [0.2, 0.25) is 0 Å². The summed E-state index contributed by atoms with van der Waals surface area (Å²) in [6.45, 7) is 7.08. The third kappa shape index (κ3) is 4.70. The smallest absolute Gasteiger partial charge is 0.132 e. The second-order valence-corrected chi connectivity index (χ2v) is 5.95. The molecule has 0 saturated heterocycles. The van der Waals surface area contributed by atoms with Crippen molar-refractivity contribution in [2.75, 3.05) is 17.2 Å².